The monoisotopic (exact) mass is 331 g/mol. The lowest BCUT2D eigenvalue weighted by Crippen LogP contribution is -2.33. The number of pyridine rings is 1. The van der Waals surface area contributed by atoms with Gasteiger partial charge in [-0.2, -0.15) is 0 Å². The van der Waals surface area contributed by atoms with Gasteiger partial charge in [-0.15, -0.1) is 0 Å². The van der Waals surface area contributed by atoms with Gasteiger partial charge in [0.15, 0.2) is 0 Å². The van der Waals surface area contributed by atoms with Crippen LogP contribution in [0.2, 0.25) is 0 Å². The second-order valence-corrected chi connectivity index (χ2v) is 6.37. The Hall–Kier alpha value is -2.72. The average Bonchev–Trinajstić information content (AvgIpc) is 2.66. The number of para-hydroxylation sites is 2. The summed E-state index contributed by atoms with van der Waals surface area (Å²) in [6.07, 6.45) is 0.889. The second kappa shape index (κ2) is 6.65. The molecule has 0 atom stereocenters. The molecule has 25 heavy (non-hydrogen) atoms. The molecule has 0 spiro atoms. The van der Waals surface area contributed by atoms with Gasteiger partial charge in [0.2, 0.25) is 0 Å². The fourth-order valence-electron chi connectivity index (χ4n) is 3.49. The minimum absolute atomic E-state index is 0.0565. The van der Waals surface area contributed by atoms with Crippen LogP contribution < -0.4 is 5.32 Å². The first-order valence-electron chi connectivity index (χ1n) is 8.75. The number of benzene rings is 2. The van der Waals surface area contributed by atoms with E-state index in [-0.39, 0.29) is 5.91 Å². The topological polar surface area (TPSA) is 45.2 Å². The molecule has 4 heteroatoms. The van der Waals surface area contributed by atoms with Gasteiger partial charge >= 0.3 is 0 Å². The molecule has 0 saturated carbocycles. The average molecular weight is 331 g/mol. The van der Waals surface area contributed by atoms with Crippen molar-refractivity contribution in [1.29, 1.82) is 0 Å². The van der Waals surface area contributed by atoms with Crippen molar-refractivity contribution < 1.29 is 4.79 Å². The first-order valence-corrected chi connectivity index (χ1v) is 8.75. The number of fused-ring (bicyclic) bond motifs is 2. The SMILES string of the molecule is CCN1CCc2nc3ccccc3c(C(=O)Nc3ccccc3)c2C1. The van der Waals surface area contributed by atoms with Crippen LogP contribution in [-0.4, -0.2) is 28.9 Å². The predicted octanol–water partition coefficient (Wildman–Crippen LogP) is 3.87. The first kappa shape index (κ1) is 15.8. The van der Waals surface area contributed by atoms with Gasteiger partial charge in [0.1, 0.15) is 0 Å². The third-order valence-corrected chi connectivity index (χ3v) is 4.83. The molecule has 0 saturated heterocycles. The smallest absolute Gasteiger partial charge is 0.256 e. The number of hydrogen-bond acceptors (Lipinski definition) is 3. The fraction of sp³-hybridized carbons (Fsp3) is 0.238. The van der Waals surface area contributed by atoms with Crippen LogP contribution in [0.1, 0.15) is 28.5 Å². The van der Waals surface area contributed by atoms with E-state index in [0.717, 1.165) is 59.5 Å². The lowest BCUT2D eigenvalue weighted by Gasteiger charge is -2.29. The van der Waals surface area contributed by atoms with Gasteiger partial charge in [0, 0.05) is 41.8 Å². The molecule has 0 aliphatic carbocycles. The maximum atomic E-state index is 13.1. The Balaban J connectivity index is 1.84. The Morgan fingerprint density at radius 3 is 2.68 bits per heavy atom. The van der Waals surface area contributed by atoms with E-state index in [1.807, 2.05) is 54.6 Å². The predicted molar refractivity (Wildman–Crippen MR) is 101 cm³/mol. The van der Waals surface area contributed by atoms with Gasteiger partial charge in [0.05, 0.1) is 11.1 Å². The van der Waals surface area contributed by atoms with Crippen molar-refractivity contribution in [3.8, 4) is 0 Å². The third-order valence-electron chi connectivity index (χ3n) is 4.83. The zero-order valence-electron chi connectivity index (χ0n) is 14.3. The zero-order chi connectivity index (χ0) is 17.2. The standard InChI is InChI=1S/C21H21N3O/c1-2-24-13-12-19-17(14-24)20(16-10-6-7-11-18(16)23-19)21(25)22-15-8-4-3-5-9-15/h3-11H,2,12-14H2,1H3,(H,22,25). The van der Waals surface area contributed by atoms with Crippen molar-refractivity contribution in [2.24, 2.45) is 0 Å². The molecule has 4 nitrogen and oxygen atoms in total. The van der Waals surface area contributed by atoms with E-state index in [2.05, 4.69) is 17.1 Å². The van der Waals surface area contributed by atoms with Gasteiger partial charge in [0.25, 0.3) is 5.91 Å². The number of amides is 1. The van der Waals surface area contributed by atoms with Crippen molar-refractivity contribution in [2.75, 3.05) is 18.4 Å². The molecule has 2 aromatic carbocycles. The van der Waals surface area contributed by atoms with Crippen LogP contribution in [0.25, 0.3) is 10.9 Å². The quantitative estimate of drug-likeness (QED) is 0.792. The molecule has 4 rings (SSSR count). The number of hydrogen-bond donors (Lipinski definition) is 1. The highest BCUT2D eigenvalue weighted by atomic mass is 16.1. The van der Waals surface area contributed by atoms with Gasteiger partial charge in [-0.1, -0.05) is 43.3 Å². The van der Waals surface area contributed by atoms with E-state index in [0.29, 0.717) is 0 Å². The molecule has 1 aliphatic heterocycles. The maximum absolute atomic E-state index is 13.1. The fourth-order valence-corrected chi connectivity index (χ4v) is 3.49. The highest BCUT2D eigenvalue weighted by Gasteiger charge is 2.25. The summed E-state index contributed by atoms with van der Waals surface area (Å²) in [6.45, 7) is 4.91. The molecule has 3 aromatic rings. The first-order chi connectivity index (χ1) is 12.3. The van der Waals surface area contributed by atoms with Crippen LogP contribution in [0.15, 0.2) is 54.6 Å². The van der Waals surface area contributed by atoms with Gasteiger partial charge in [-0.3, -0.25) is 14.7 Å². The third kappa shape index (κ3) is 3.01. The Morgan fingerprint density at radius 1 is 1.12 bits per heavy atom. The Labute approximate surface area is 147 Å². The summed E-state index contributed by atoms with van der Waals surface area (Å²) in [5.74, 6) is -0.0565. The number of nitrogens with zero attached hydrogens (tertiary/aromatic N) is 2. The lowest BCUT2D eigenvalue weighted by atomic mass is 9.95. The number of nitrogens with one attached hydrogen (secondary N) is 1. The summed E-state index contributed by atoms with van der Waals surface area (Å²) < 4.78 is 0. The number of carbonyl (C=O) groups excluding carboxylic acids is 1. The van der Waals surface area contributed by atoms with Crippen LogP contribution in [0.3, 0.4) is 0 Å². The van der Waals surface area contributed by atoms with E-state index >= 15 is 0 Å². The lowest BCUT2D eigenvalue weighted by molar-refractivity contribution is 0.102. The summed E-state index contributed by atoms with van der Waals surface area (Å²) >= 11 is 0. The molecule has 0 radical (unpaired) electrons. The molecule has 1 aromatic heterocycles. The van der Waals surface area contributed by atoms with Gasteiger partial charge in [-0.05, 0) is 24.7 Å². The molecule has 2 heterocycles. The largest absolute Gasteiger partial charge is 0.322 e. The van der Waals surface area contributed by atoms with E-state index in [4.69, 9.17) is 4.98 Å². The number of rotatable bonds is 3. The van der Waals surface area contributed by atoms with Crippen molar-refractivity contribution in [1.82, 2.24) is 9.88 Å². The Morgan fingerprint density at radius 2 is 1.88 bits per heavy atom. The second-order valence-electron chi connectivity index (χ2n) is 6.37. The molecule has 1 aliphatic rings. The molecule has 126 valence electrons. The number of likely N-dealkylation sites (N-methyl/N-ethyl adjacent to an activating group) is 1. The molecule has 0 fully saturated rings. The van der Waals surface area contributed by atoms with Crippen molar-refractivity contribution >= 4 is 22.5 Å². The highest BCUT2D eigenvalue weighted by Crippen LogP contribution is 2.28. The highest BCUT2D eigenvalue weighted by molar-refractivity contribution is 6.13. The molecular weight excluding hydrogens is 310 g/mol. The Kier molecular flexibility index (Phi) is 4.20. The minimum Gasteiger partial charge on any atom is -0.322 e. The number of anilines is 1. The Bertz CT molecular complexity index is 921. The van der Waals surface area contributed by atoms with Crippen molar-refractivity contribution in [2.45, 2.75) is 19.9 Å². The number of carbonyl (C=O) groups is 1. The number of aromatic nitrogens is 1. The van der Waals surface area contributed by atoms with Gasteiger partial charge in [-0.25, -0.2) is 0 Å². The summed E-state index contributed by atoms with van der Waals surface area (Å²) in [7, 11) is 0. The summed E-state index contributed by atoms with van der Waals surface area (Å²) in [5, 5.41) is 3.97. The maximum Gasteiger partial charge on any atom is 0.256 e. The van der Waals surface area contributed by atoms with E-state index in [1.165, 1.54) is 0 Å². The van der Waals surface area contributed by atoms with Crippen molar-refractivity contribution in [3.05, 3.63) is 71.4 Å². The van der Waals surface area contributed by atoms with E-state index < -0.39 is 0 Å². The molecule has 1 amide bonds. The summed E-state index contributed by atoms with van der Waals surface area (Å²) in [5.41, 5.74) is 4.60. The normalized spacial score (nSPS) is 14.3. The van der Waals surface area contributed by atoms with Gasteiger partial charge < -0.3 is 5.32 Å². The molecular formula is C21H21N3O. The van der Waals surface area contributed by atoms with Crippen LogP contribution in [0.5, 0.6) is 0 Å². The molecule has 0 unspecified atom stereocenters. The minimum atomic E-state index is -0.0565. The van der Waals surface area contributed by atoms with Crippen LogP contribution >= 0.6 is 0 Å². The zero-order valence-corrected chi connectivity index (χ0v) is 14.3. The summed E-state index contributed by atoms with van der Waals surface area (Å²) in [4.78, 5) is 20.3. The van der Waals surface area contributed by atoms with Crippen LogP contribution in [-0.2, 0) is 13.0 Å². The molecule has 0 bridgehead atoms. The van der Waals surface area contributed by atoms with Crippen LogP contribution in [0, 0.1) is 0 Å². The summed E-state index contributed by atoms with van der Waals surface area (Å²) in [6, 6.07) is 17.5. The van der Waals surface area contributed by atoms with E-state index in [1.54, 1.807) is 0 Å². The molecule has 1 N–H and O–H groups in total. The van der Waals surface area contributed by atoms with Crippen molar-refractivity contribution in [3.63, 3.8) is 0 Å². The van der Waals surface area contributed by atoms with Crippen LogP contribution in [0.4, 0.5) is 5.69 Å². The van der Waals surface area contributed by atoms with E-state index in [9.17, 15) is 4.79 Å².